The molecule has 0 radical (unpaired) electrons. The molecule has 3 aromatic rings. The molecule has 0 aliphatic heterocycles. The Morgan fingerprint density at radius 3 is 2.55 bits per heavy atom. The number of aryl methyl sites for hydroxylation is 2. The van der Waals surface area contributed by atoms with Gasteiger partial charge in [0.05, 0.1) is 19.3 Å². The monoisotopic (exact) mass is 421 g/mol. The molecule has 0 spiro atoms. The predicted molar refractivity (Wildman–Crippen MR) is 103 cm³/mol. The summed E-state index contributed by atoms with van der Waals surface area (Å²) < 4.78 is 48.5. The van der Waals surface area contributed by atoms with Crippen molar-refractivity contribution in [1.82, 2.24) is 24.3 Å². The largest absolute Gasteiger partial charge is 0.495 e. The number of nitrogens with one attached hydrogen (secondary N) is 1. The van der Waals surface area contributed by atoms with Crippen LogP contribution >= 0.6 is 0 Å². The molecule has 0 aliphatic rings. The van der Waals surface area contributed by atoms with E-state index in [0.29, 0.717) is 5.82 Å². The summed E-state index contributed by atoms with van der Waals surface area (Å²) in [6.07, 6.45) is 0. The first-order chi connectivity index (χ1) is 13.7. The van der Waals surface area contributed by atoms with Crippen molar-refractivity contribution in [2.75, 3.05) is 13.7 Å². The fourth-order valence-electron chi connectivity index (χ4n) is 2.80. The van der Waals surface area contributed by atoms with Crippen LogP contribution in [0.5, 0.6) is 5.75 Å². The Morgan fingerprint density at radius 1 is 1.14 bits per heavy atom. The van der Waals surface area contributed by atoms with Crippen molar-refractivity contribution in [3.05, 3.63) is 64.0 Å². The minimum atomic E-state index is -4.05. The standard InChI is InChI=1S/C18H20FN5O4S/c1-12-10-13(2)24(21-12)17-6-7-18(25)23(22-17)9-8-20-29(26,27)16-11-14(19)4-5-15(16)28-3/h4-7,10-11,20H,8-9H2,1-3H3. The number of hydrogen-bond acceptors (Lipinski definition) is 6. The lowest BCUT2D eigenvalue weighted by Gasteiger charge is -2.12. The van der Waals surface area contributed by atoms with E-state index in [2.05, 4.69) is 14.9 Å². The van der Waals surface area contributed by atoms with Crippen LogP contribution < -0.4 is 15.0 Å². The second kappa shape index (κ2) is 8.13. The van der Waals surface area contributed by atoms with E-state index in [-0.39, 0.29) is 23.7 Å². The van der Waals surface area contributed by atoms with E-state index in [1.165, 1.54) is 19.2 Å². The van der Waals surface area contributed by atoms with Gasteiger partial charge in [-0.05, 0) is 44.2 Å². The maximum Gasteiger partial charge on any atom is 0.266 e. The zero-order valence-electron chi connectivity index (χ0n) is 16.1. The van der Waals surface area contributed by atoms with Gasteiger partial charge in [0.15, 0.2) is 5.82 Å². The highest BCUT2D eigenvalue weighted by molar-refractivity contribution is 7.89. The zero-order chi connectivity index (χ0) is 21.2. The third-order valence-electron chi connectivity index (χ3n) is 4.11. The van der Waals surface area contributed by atoms with Crippen LogP contribution in [-0.2, 0) is 16.6 Å². The molecule has 2 heterocycles. The third kappa shape index (κ3) is 4.51. The van der Waals surface area contributed by atoms with Crippen molar-refractivity contribution in [1.29, 1.82) is 0 Å². The summed E-state index contributed by atoms with van der Waals surface area (Å²) in [5.74, 6) is -0.257. The Bertz CT molecular complexity index is 1200. The van der Waals surface area contributed by atoms with Crippen LogP contribution in [0.3, 0.4) is 0 Å². The van der Waals surface area contributed by atoms with Crippen molar-refractivity contribution in [3.8, 4) is 11.6 Å². The fraction of sp³-hybridized carbons (Fsp3) is 0.278. The maximum atomic E-state index is 13.5. The molecule has 0 amide bonds. The number of aromatic nitrogens is 4. The van der Waals surface area contributed by atoms with Crippen LogP contribution in [-0.4, -0.2) is 41.6 Å². The van der Waals surface area contributed by atoms with E-state index in [0.717, 1.165) is 28.2 Å². The van der Waals surface area contributed by atoms with E-state index in [1.54, 1.807) is 10.7 Å². The summed E-state index contributed by atoms with van der Waals surface area (Å²) in [7, 11) is -2.76. The minimum Gasteiger partial charge on any atom is -0.495 e. The smallest absolute Gasteiger partial charge is 0.266 e. The van der Waals surface area contributed by atoms with Crippen LogP contribution in [0, 0.1) is 19.7 Å². The average molecular weight is 421 g/mol. The molecule has 0 aliphatic carbocycles. The molecule has 0 unspecified atom stereocenters. The van der Waals surface area contributed by atoms with Crippen molar-refractivity contribution in [3.63, 3.8) is 0 Å². The molecule has 0 bridgehead atoms. The van der Waals surface area contributed by atoms with E-state index in [1.807, 2.05) is 19.9 Å². The van der Waals surface area contributed by atoms with Gasteiger partial charge in [0.2, 0.25) is 10.0 Å². The van der Waals surface area contributed by atoms with Crippen LogP contribution in [0.4, 0.5) is 4.39 Å². The Balaban J connectivity index is 1.78. The topological polar surface area (TPSA) is 108 Å². The van der Waals surface area contributed by atoms with Crippen LogP contribution in [0.25, 0.3) is 5.82 Å². The summed E-state index contributed by atoms with van der Waals surface area (Å²) in [5.41, 5.74) is 1.26. The Kier molecular flexibility index (Phi) is 5.80. The molecule has 3 rings (SSSR count). The summed E-state index contributed by atoms with van der Waals surface area (Å²) in [4.78, 5) is 11.8. The van der Waals surface area contributed by atoms with Crippen LogP contribution in [0.2, 0.25) is 0 Å². The molecule has 0 saturated heterocycles. The predicted octanol–water partition coefficient (Wildman–Crippen LogP) is 1.17. The SMILES string of the molecule is COc1ccc(F)cc1S(=O)(=O)NCCn1nc(-n2nc(C)cc2C)ccc1=O. The van der Waals surface area contributed by atoms with Gasteiger partial charge in [-0.25, -0.2) is 26.9 Å². The highest BCUT2D eigenvalue weighted by Gasteiger charge is 2.20. The second-order valence-corrected chi connectivity index (χ2v) is 8.02. The molecule has 1 aromatic carbocycles. The number of sulfonamides is 1. The number of nitrogens with zero attached hydrogens (tertiary/aromatic N) is 4. The first kappa shape index (κ1) is 20.7. The summed E-state index contributed by atoms with van der Waals surface area (Å²) in [6.45, 7) is 3.55. The Morgan fingerprint density at radius 2 is 1.90 bits per heavy atom. The Hall–Kier alpha value is -3.05. The number of methoxy groups -OCH3 is 1. The lowest BCUT2D eigenvalue weighted by atomic mass is 10.3. The molecule has 2 aromatic heterocycles. The quantitative estimate of drug-likeness (QED) is 0.614. The molecular formula is C18H20FN5O4S. The van der Waals surface area contributed by atoms with Crippen molar-refractivity contribution in [2.24, 2.45) is 0 Å². The highest BCUT2D eigenvalue weighted by Crippen LogP contribution is 2.24. The van der Waals surface area contributed by atoms with E-state index in [9.17, 15) is 17.6 Å². The van der Waals surface area contributed by atoms with E-state index < -0.39 is 21.4 Å². The Labute approximate surface area is 166 Å². The molecule has 11 heteroatoms. The molecular weight excluding hydrogens is 401 g/mol. The van der Waals surface area contributed by atoms with Gasteiger partial charge in [0, 0.05) is 18.3 Å². The number of halogens is 1. The van der Waals surface area contributed by atoms with Crippen molar-refractivity contribution in [2.45, 2.75) is 25.3 Å². The number of hydrogen-bond donors (Lipinski definition) is 1. The molecule has 1 N–H and O–H groups in total. The molecule has 29 heavy (non-hydrogen) atoms. The van der Waals surface area contributed by atoms with Crippen LogP contribution in [0.1, 0.15) is 11.4 Å². The van der Waals surface area contributed by atoms with Gasteiger partial charge in [-0.2, -0.15) is 5.10 Å². The van der Waals surface area contributed by atoms with E-state index in [4.69, 9.17) is 4.74 Å². The van der Waals surface area contributed by atoms with Gasteiger partial charge in [0.1, 0.15) is 16.5 Å². The van der Waals surface area contributed by atoms with Crippen LogP contribution in [0.15, 0.2) is 46.1 Å². The van der Waals surface area contributed by atoms with Gasteiger partial charge >= 0.3 is 0 Å². The summed E-state index contributed by atoms with van der Waals surface area (Å²) in [6, 6.07) is 7.95. The highest BCUT2D eigenvalue weighted by atomic mass is 32.2. The maximum absolute atomic E-state index is 13.5. The summed E-state index contributed by atoms with van der Waals surface area (Å²) >= 11 is 0. The zero-order valence-corrected chi connectivity index (χ0v) is 16.9. The third-order valence-corrected chi connectivity index (χ3v) is 5.59. The number of rotatable bonds is 7. The minimum absolute atomic E-state index is 0.0146. The molecule has 0 fully saturated rings. The lowest BCUT2D eigenvalue weighted by Crippen LogP contribution is -2.32. The van der Waals surface area contributed by atoms with Gasteiger partial charge in [-0.1, -0.05) is 0 Å². The lowest BCUT2D eigenvalue weighted by molar-refractivity contribution is 0.400. The first-order valence-corrected chi connectivity index (χ1v) is 10.1. The van der Waals surface area contributed by atoms with Crippen molar-refractivity contribution >= 4 is 10.0 Å². The van der Waals surface area contributed by atoms with E-state index >= 15 is 0 Å². The summed E-state index contributed by atoms with van der Waals surface area (Å²) in [5, 5.41) is 8.56. The number of ether oxygens (including phenoxy) is 1. The van der Waals surface area contributed by atoms with Gasteiger partial charge in [-0.3, -0.25) is 4.79 Å². The normalized spacial score (nSPS) is 11.6. The fourth-order valence-corrected chi connectivity index (χ4v) is 4.00. The molecule has 9 nitrogen and oxygen atoms in total. The van der Waals surface area contributed by atoms with Crippen molar-refractivity contribution < 1.29 is 17.5 Å². The molecule has 154 valence electrons. The molecule has 0 atom stereocenters. The van der Waals surface area contributed by atoms with Gasteiger partial charge in [-0.15, -0.1) is 5.10 Å². The molecule has 0 saturated carbocycles. The van der Waals surface area contributed by atoms with Gasteiger partial charge < -0.3 is 4.74 Å². The van der Waals surface area contributed by atoms with Gasteiger partial charge in [0.25, 0.3) is 5.56 Å². The second-order valence-electron chi connectivity index (χ2n) is 6.28. The average Bonchev–Trinajstić information content (AvgIpc) is 3.01. The first-order valence-electron chi connectivity index (χ1n) is 8.66. The number of benzene rings is 1.